The van der Waals surface area contributed by atoms with E-state index < -0.39 is 0 Å². The highest BCUT2D eigenvalue weighted by atomic mass is 32.1. The van der Waals surface area contributed by atoms with Crippen molar-refractivity contribution in [2.75, 3.05) is 6.54 Å². The molecule has 3 rings (SSSR count). The monoisotopic (exact) mass is 345 g/mol. The quantitative estimate of drug-likeness (QED) is 0.796. The molecule has 0 spiro atoms. The van der Waals surface area contributed by atoms with Crippen LogP contribution in [0.3, 0.4) is 0 Å². The minimum absolute atomic E-state index is 0.527. The fourth-order valence-corrected chi connectivity index (χ4v) is 4.57. The molecule has 2 aliphatic heterocycles. The Balaban J connectivity index is 1.49. The Morgan fingerprint density at radius 1 is 1.17 bits per heavy atom. The summed E-state index contributed by atoms with van der Waals surface area (Å²) in [6.45, 7) is 6.72. The van der Waals surface area contributed by atoms with Crippen LogP contribution in [0.5, 0.6) is 0 Å². The number of hydrogen-bond donors (Lipinski definition) is 2. The Morgan fingerprint density at radius 3 is 2.46 bits per heavy atom. The lowest BCUT2D eigenvalue weighted by Crippen LogP contribution is -2.58. The van der Waals surface area contributed by atoms with Crippen molar-refractivity contribution in [2.45, 2.75) is 70.6 Å². The summed E-state index contributed by atoms with van der Waals surface area (Å²) in [7, 11) is 0. The zero-order valence-corrected chi connectivity index (χ0v) is 15.8. The van der Waals surface area contributed by atoms with E-state index in [1.165, 1.54) is 44.2 Å². The highest BCUT2D eigenvalue weighted by Crippen LogP contribution is 2.34. The van der Waals surface area contributed by atoms with Gasteiger partial charge >= 0.3 is 0 Å². The molecule has 2 heterocycles. The number of nitrogens with one attached hydrogen (secondary N) is 2. The smallest absolute Gasteiger partial charge is 0.166 e. The summed E-state index contributed by atoms with van der Waals surface area (Å²) < 4.78 is 0. The summed E-state index contributed by atoms with van der Waals surface area (Å²) in [4.78, 5) is 2.78. The van der Waals surface area contributed by atoms with E-state index in [-0.39, 0.29) is 0 Å². The number of nitrogens with zero attached hydrogens (tertiary/aromatic N) is 1. The van der Waals surface area contributed by atoms with Crippen molar-refractivity contribution in [3.8, 4) is 0 Å². The molecule has 4 heteroatoms. The molecule has 2 saturated heterocycles. The number of thiocarbonyl (C=S) groups is 1. The van der Waals surface area contributed by atoms with Crippen LogP contribution in [0, 0.1) is 5.92 Å². The summed E-state index contributed by atoms with van der Waals surface area (Å²) in [5, 5.41) is 7.75. The third kappa shape index (κ3) is 4.70. The summed E-state index contributed by atoms with van der Waals surface area (Å²) in [5.41, 5.74) is 1.27. The Morgan fingerprint density at radius 2 is 1.83 bits per heavy atom. The standard InChI is InChI=1S/C20H31N3S/c1-15(2)14-23-18-9-6-10-19(23)12-17(11-18)22-20(24)21-13-16-7-4-3-5-8-16/h3-5,7-8,15,17-19H,6,9-14H2,1-2H3,(H2,21,22,24)/t17?,18-,19+. The first-order valence-corrected chi connectivity index (χ1v) is 9.86. The van der Waals surface area contributed by atoms with E-state index in [4.69, 9.17) is 12.2 Å². The van der Waals surface area contributed by atoms with Crippen LogP contribution >= 0.6 is 12.2 Å². The molecular formula is C20H31N3S. The molecule has 0 saturated carbocycles. The molecule has 2 aliphatic rings. The second-order valence-electron chi connectivity index (χ2n) is 7.81. The van der Waals surface area contributed by atoms with Gasteiger partial charge in [-0.15, -0.1) is 0 Å². The Labute approximate surface area is 152 Å². The van der Waals surface area contributed by atoms with Crippen molar-refractivity contribution < 1.29 is 0 Å². The Bertz CT molecular complexity index is 517. The first-order valence-electron chi connectivity index (χ1n) is 9.46. The van der Waals surface area contributed by atoms with Gasteiger partial charge in [-0.2, -0.15) is 0 Å². The van der Waals surface area contributed by atoms with Gasteiger partial charge in [0, 0.05) is 31.2 Å². The van der Waals surface area contributed by atoms with Gasteiger partial charge in [-0.25, -0.2) is 0 Å². The predicted molar refractivity (Wildman–Crippen MR) is 105 cm³/mol. The highest BCUT2D eigenvalue weighted by Gasteiger charge is 2.38. The van der Waals surface area contributed by atoms with E-state index in [0.29, 0.717) is 6.04 Å². The van der Waals surface area contributed by atoms with Gasteiger partial charge in [0.05, 0.1) is 0 Å². The zero-order chi connectivity index (χ0) is 16.9. The third-order valence-corrected chi connectivity index (χ3v) is 5.60. The molecule has 3 nitrogen and oxygen atoms in total. The fourth-order valence-electron chi connectivity index (χ4n) is 4.33. The average molecular weight is 346 g/mol. The first kappa shape index (κ1) is 17.7. The van der Waals surface area contributed by atoms with Crippen molar-refractivity contribution in [3.05, 3.63) is 35.9 Å². The lowest BCUT2D eigenvalue weighted by atomic mass is 9.81. The van der Waals surface area contributed by atoms with Crippen molar-refractivity contribution in [1.82, 2.24) is 15.5 Å². The van der Waals surface area contributed by atoms with Gasteiger partial charge in [-0.1, -0.05) is 50.6 Å². The Kier molecular flexibility index (Phi) is 6.12. The first-order chi connectivity index (χ1) is 11.6. The van der Waals surface area contributed by atoms with Gasteiger partial charge in [-0.3, -0.25) is 4.90 Å². The minimum Gasteiger partial charge on any atom is -0.360 e. The molecule has 3 atom stereocenters. The molecule has 1 aromatic rings. The SMILES string of the molecule is CC(C)CN1[C@@H]2CCC[C@H]1CC(NC(=S)NCc1ccccc1)C2. The van der Waals surface area contributed by atoms with Gasteiger partial charge < -0.3 is 10.6 Å². The van der Waals surface area contributed by atoms with Crippen molar-refractivity contribution in [3.63, 3.8) is 0 Å². The normalized spacial score (nSPS) is 27.0. The second-order valence-corrected chi connectivity index (χ2v) is 8.22. The third-order valence-electron chi connectivity index (χ3n) is 5.33. The molecule has 132 valence electrons. The molecule has 1 unspecified atom stereocenters. The maximum absolute atomic E-state index is 5.53. The lowest BCUT2D eigenvalue weighted by molar-refractivity contribution is 0.0190. The maximum Gasteiger partial charge on any atom is 0.166 e. The second kappa shape index (κ2) is 8.30. The van der Waals surface area contributed by atoms with Gasteiger partial charge in [0.15, 0.2) is 5.11 Å². The van der Waals surface area contributed by atoms with Crippen LogP contribution in [0.25, 0.3) is 0 Å². The largest absolute Gasteiger partial charge is 0.360 e. The van der Waals surface area contributed by atoms with Gasteiger partial charge in [0.1, 0.15) is 0 Å². The molecule has 0 radical (unpaired) electrons. The molecule has 2 bridgehead atoms. The van der Waals surface area contributed by atoms with Crippen LogP contribution in [0.15, 0.2) is 30.3 Å². The van der Waals surface area contributed by atoms with E-state index in [9.17, 15) is 0 Å². The summed E-state index contributed by atoms with van der Waals surface area (Å²) >= 11 is 5.53. The van der Waals surface area contributed by atoms with Crippen LogP contribution in [0.2, 0.25) is 0 Å². The fraction of sp³-hybridized carbons (Fsp3) is 0.650. The predicted octanol–water partition coefficient (Wildman–Crippen LogP) is 3.69. The van der Waals surface area contributed by atoms with Crippen LogP contribution in [-0.4, -0.2) is 34.7 Å². The van der Waals surface area contributed by atoms with E-state index in [1.54, 1.807) is 0 Å². The van der Waals surface area contributed by atoms with E-state index in [0.717, 1.165) is 29.7 Å². The average Bonchev–Trinajstić information content (AvgIpc) is 2.54. The van der Waals surface area contributed by atoms with Crippen molar-refractivity contribution >= 4 is 17.3 Å². The van der Waals surface area contributed by atoms with Crippen molar-refractivity contribution in [2.24, 2.45) is 5.92 Å². The molecule has 1 aromatic carbocycles. The topological polar surface area (TPSA) is 27.3 Å². The summed E-state index contributed by atoms with van der Waals surface area (Å²) in [5.74, 6) is 0.756. The zero-order valence-electron chi connectivity index (χ0n) is 15.0. The molecule has 2 N–H and O–H groups in total. The summed E-state index contributed by atoms with van der Waals surface area (Å²) in [6, 6.07) is 12.5. The number of hydrogen-bond acceptors (Lipinski definition) is 2. The molecule has 0 aromatic heterocycles. The molecule has 2 fully saturated rings. The minimum atomic E-state index is 0.527. The van der Waals surface area contributed by atoms with Gasteiger partial charge in [0.2, 0.25) is 0 Å². The van der Waals surface area contributed by atoms with Crippen LogP contribution in [0.1, 0.15) is 51.5 Å². The van der Waals surface area contributed by atoms with Crippen LogP contribution in [-0.2, 0) is 6.54 Å². The van der Waals surface area contributed by atoms with Crippen molar-refractivity contribution in [1.29, 1.82) is 0 Å². The molecular weight excluding hydrogens is 314 g/mol. The summed E-state index contributed by atoms with van der Waals surface area (Å²) in [6.07, 6.45) is 6.57. The lowest BCUT2D eigenvalue weighted by Gasteiger charge is -2.49. The van der Waals surface area contributed by atoms with E-state index in [1.807, 2.05) is 6.07 Å². The molecule has 0 aliphatic carbocycles. The van der Waals surface area contributed by atoms with E-state index >= 15 is 0 Å². The van der Waals surface area contributed by atoms with E-state index in [2.05, 4.69) is 53.6 Å². The highest BCUT2D eigenvalue weighted by molar-refractivity contribution is 7.80. The molecule has 0 amide bonds. The number of rotatable bonds is 5. The molecule has 24 heavy (non-hydrogen) atoms. The van der Waals surface area contributed by atoms with Gasteiger partial charge in [-0.05, 0) is 49.4 Å². The van der Waals surface area contributed by atoms with Gasteiger partial charge in [0.25, 0.3) is 0 Å². The number of piperidine rings is 2. The van der Waals surface area contributed by atoms with Crippen LogP contribution < -0.4 is 10.6 Å². The Hall–Kier alpha value is -1.13. The number of fused-ring (bicyclic) bond motifs is 2. The number of benzene rings is 1. The maximum atomic E-state index is 5.53. The van der Waals surface area contributed by atoms with Crippen LogP contribution in [0.4, 0.5) is 0 Å².